The van der Waals surface area contributed by atoms with E-state index in [9.17, 15) is 21.6 Å². The quantitative estimate of drug-likeness (QED) is 0.270. The van der Waals surface area contributed by atoms with Gasteiger partial charge in [0.2, 0.25) is 0 Å². The Morgan fingerprint density at radius 2 is 1.80 bits per heavy atom. The molecule has 3 heterocycles. The molecule has 0 bridgehead atoms. The van der Waals surface area contributed by atoms with Crippen molar-refractivity contribution in [3.63, 3.8) is 0 Å². The van der Waals surface area contributed by atoms with E-state index >= 15 is 0 Å². The number of nitrogens with one attached hydrogen (secondary N) is 1. The third-order valence-electron chi connectivity index (χ3n) is 5.81. The molecule has 0 amide bonds. The van der Waals surface area contributed by atoms with E-state index in [4.69, 9.17) is 26.9 Å². The van der Waals surface area contributed by atoms with Crippen molar-refractivity contribution < 1.29 is 26.1 Å². The van der Waals surface area contributed by atoms with Gasteiger partial charge in [0.1, 0.15) is 29.5 Å². The smallest absolute Gasteiger partial charge is 0.261 e. The highest BCUT2D eigenvalue weighted by atomic mass is 35.5. The normalized spacial score (nSPS) is 16.4. The highest BCUT2D eigenvalue weighted by Gasteiger charge is 2.46. The third-order valence-corrected chi connectivity index (χ3v) is 6.12. The van der Waals surface area contributed by atoms with Crippen LogP contribution in [0.15, 0.2) is 61.1 Å². The van der Waals surface area contributed by atoms with E-state index in [0.717, 1.165) is 6.07 Å². The van der Waals surface area contributed by atoms with Crippen molar-refractivity contribution in [1.82, 2.24) is 14.5 Å². The van der Waals surface area contributed by atoms with Crippen LogP contribution < -0.4 is 16.0 Å². The molecule has 0 spiro atoms. The lowest BCUT2D eigenvalue weighted by atomic mass is 10.1. The first kappa shape index (κ1) is 29.3. The average Bonchev–Trinajstić information content (AvgIpc) is 3.41. The summed E-state index contributed by atoms with van der Waals surface area (Å²) in [5.41, 5.74) is 8.65. The van der Waals surface area contributed by atoms with Crippen molar-refractivity contribution in [3.8, 4) is 17.1 Å². The highest BCUT2D eigenvalue weighted by Crippen LogP contribution is 2.44. The van der Waals surface area contributed by atoms with Crippen molar-refractivity contribution in [1.29, 1.82) is 0 Å². The molecule has 2 aromatic carbocycles. The van der Waals surface area contributed by atoms with Crippen LogP contribution in [0.5, 0.6) is 0 Å². The zero-order valence-electron chi connectivity index (χ0n) is 21.6. The van der Waals surface area contributed by atoms with Gasteiger partial charge in [-0.05, 0) is 42.3 Å². The second-order valence-corrected chi connectivity index (χ2v) is 11.4. The number of rotatable bonds is 5. The van der Waals surface area contributed by atoms with E-state index < -0.39 is 33.4 Å². The van der Waals surface area contributed by atoms with Crippen LogP contribution in [0.25, 0.3) is 17.1 Å². The Bertz CT molecular complexity index is 1640. The van der Waals surface area contributed by atoms with Gasteiger partial charge >= 0.3 is 0 Å². The summed E-state index contributed by atoms with van der Waals surface area (Å²) < 4.78 is 69.8. The topological polar surface area (TPSA) is 126 Å². The van der Waals surface area contributed by atoms with Crippen LogP contribution in [0, 0.1) is 23.4 Å². The number of hydrogen-bond acceptors (Lipinski definition) is 7. The fourth-order valence-electron chi connectivity index (χ4n) is 4.27. The number of benzene rings is 2. The monoisotopic (exact) mass is 594 g/mol. The summed E-state index contributed by atoms with van der Waals surface area (Å²) in [7, 11) is -3.67. The molecule has 4 aromatic rings. The fraction of sp³-hybridized carbons (Fsp3) is 0.231. The number of fused-ring (bicyclic) bond motifs is 1. The Kier molecular flexibility index (Phi) is 8.13. The van der Waals surface area contributed by atoms with Gasteiger partial charge in [0.05, 0.1) is 33.9 Å². The molecule has 0 saturated carbocycles. The van der Waals surface area contributed by atoms with E-state index in [-0.39, 0.29) is 22.2 Å². The van der Waals surface area contributed by atoms with Crippen molar-refractivity contribution >= 4 is 33.2 Å². The van der Waals surface area contributed by atoms with Gasteiger partial charge in [-0.1, -0.05) is 31.5 Å². The molecule has 40 heavy (non-hydrogen) atoms. The van der Waals surface area contributed by atoms with E-state index in [1.165, 1.54) is 35.2 Å². The molecule has 9 nitrogen and oxygen atoms in total. The Morgan fingerprint density at radius 1 is 1.10 bits per heavy atom. The van der Waals surface area contributed by atoms with E-state index in [1.54, 1.807) is 29.3 Å². The van der Waals surface area contributed by atoms with Crippen LogP contribution in [0.1, 0.15) is 19.4 Å². The molecule has 212 valence electrons. The summed E-state index contributed by atoms with van der Waals surface area (Å²) in [6, 6.07) is 11.3. The summed E-state index contributed by atoms with van der Waals surface area (Å²) >= 11 is 6.38. The first-order valence-electron chi connectivity index (χ1n) is 11.9. The van der Waals surface area contributed by atoms with Crippen molar-refractivity contribution in [2.75, 3.05) is 23.0 Å². The Balaban J connectivity index is 0.000000681. The molecule has 0 saturated heterocycles. The molecule has 1 aliphatic rings. The van der Waals surface area contributed by atoms with Crippen LogP contribution >= 0.6 is 11.6 Å². The zero-order valence-corrected chi connectivity index (χ0v) is 23.2. The molecular weight excluding hydrogens is 569 g/mol. The molecule has 14 heteroatoms. The molecule has 4 N–H and O–H groups in total. The predicted molar refractivity (Wildman–Crippen MR) is 147 cm³/mol. The van der Waals surface area contributed by atoms with Gasteiger partial charge in [0, 0.05) is 18.8 Å². The van der Waals surface area contributed by atoms with Gasteiger partial charge in [-0.3, -0.25) is 10.3 Å². The zero-order chi connectivity index (χ0) is 29.4. The van der Waals surface area contributed by atoms with Crippen LogP contribution in [-0.2, 0) is 15.9 Å². The minimum atomic E-state index is -3.67. The SMILES string of the molecule is CC(C)CN1c2nc(-c3cn(-c4ccc(F)cc4F)cn3)ccc2NC1(N)c1c(F)cccc1Cl.CS(=O)(=O)O. The van der Waals surface area contributed by atoms with E-state index in [1.807, 2.05) is 13.8 Å². The third kappa shape index (κ3) is 6.22. The Morgan fingerprint density at radius 3 is 2.42 bits per heavy atom. The predicted octanol–water partition coefficient (Wildman–Crippen LogP) is 5.17. The number of imidazole rings is 1. The number of halogens is 4. The minimum Gasteiger partial charge on any atom is -0.343 e. The number of pyridine rings is 1. The molecule has 0 radical (unpaired) electrons. The largest absolute Gasteiger partial charge is 0.343 e. The summed E-state index contributed by atoms with van der Waals surface area (Å²) in [6.45, 7) is 4.50. The molecule has 0 fully saturated rings. The maximum absolute atomic E-state index is 14.9. The summed E-state index contributed by atoms with van der Waals surface area (Å²) in [5, 5.41) is 3.39. The van der Waals surface area contributed by atoms with Gasteiger partial charge in [0.15, 0.2) is 11.6 Å². The van der Waals surface area contributed by atoms with Crippen LogP contribution in [0.2, 0.25) is 5.02 Å². The second-order valence-electron chi connectivity index (χ2n) is 9.56. The molecule has 0 aliphatic carbocycles. The second kappa shape index (κ2) is 11.1. The minimum absolute atomic E-state index is 0.123. The van der Waals surface area contributed by atoms with E-state index in [0.29, 0.717) is 35.7 Å². The molecule has 2 aromatic heterocycles. The van der Waals surface area contributed by atoms with Gasteiger partial charge in [-0.25, -0.2) is 23.1 Å². The van der Waals surface area contributed by atoms with Crippen LogP contribution in [0.3, 0.4) is 0 Å². The lowest BCUT2D eigenvalue weighted by molar-refractivity contribution is 0.431. The first-order valence-corrected chi connectivity index (χ1v) is 14.1. The fourth-order valence-corrected chi connectivity index (χ4v) is 4.57. The lowest BCUT2D eigenvalue weighted by Crippen LogP contribution is -2.57. The Hall–Kier alpha value is -3.65. The van der Waals surface area contributed by atoms with Crippen LogP contribution in [0.4, 0.5) is 24.7 Å². The number of nitrogens with two attached hydrogens (primary N) is 1. The van der Waals surface area contributed by atoms with Gasteiger partial charge < -0.3 is 14.8 Å². The highest BCUT2D eigenvalue weighted by molar-refractivity contribution is 7.85. The Labute approximate surface area is 234 Å². The number of anilines is 2. The van der Waals surface area contributed by atoms with Crippen LogP contribution in [-0.4, -0.2) is 40.3 Å². The lowest BCUT2D eigenvalue weighted by Gasteiger charge is -2.38. The number of aromatic nitrogens is 3. The summed E-state index contributed by atoms with van der Waals surface area (Å²) in [4.78, 5) is 10.9. The molecule has 1 aliphatic heterocycles. The standard InChI is InChI=1S/C25H22ClF3N6.CH4O3S/c1-14(2)11-35-24-20(33-25(35,30)23-16(26)4-3-5-17(23)28)8-7-19(32-24)21-12-34(13-31-21)22-9-6-15(27)10-18(22)29;1-5(2,3)4/h3-10,12-14,33H,11,30H2,1-2H3;1H3,(H,2,3,4). The van der Waals surface area contributed by atoms with Gasteiger partial charge in [0.25, 0.3) is 10.1 Å². The summed E-state index contributed by atoms with van der Waals surface area (Å²) in [6.07, 6.45) is 3.74. The van der Waals surface area contributed by atoms with Crippen molar-refractivity contribution in [2.24, 2.45) is 11.7 Å². The van der Waals surface area contributed by atoms with Crippen molar-refractivity contribution in [3.05, 3.63) is 89.1 Å². The molecule has 1 unspecified atom stereocenters. The molecule has 5 rings (SSSR count). The van der Waals surface area contributed by atoms with Gasteiger partial charge in [-0.15, -0.1) is 0 Å². The van der Waals surface area contributed by atoms with Gasteiger partial charge in [-0.2, -0.15) is 8.42 Å². The summed E-state index contributed by atoms with van der Waals surface area (Å²) in [5.74, 6) is -2.68. The van der Waals surface area contributed by atoms with Crippen molar-refractivity contribution in [2.45, 2.75) is 19.6 Å². The first-order chi connectivity index (χ1) is 18.7. The molecular formula is C26H26ClF3N6O3S. The maximum atomic E-state index is 14.9. The van der Waals surface area contributed by atoms with E-state index in [2.05, 4.69) is 10.3 Å². The number of nitrogens with zero attached hydrogens (tertiary/aromatic N) is 4. The maximum Gasteiger partial charge on any atom is 0.261 e. The molecule has 1 atom stereocenters. The number of hydrogen-bond donors (Lipinski definition) is 3. The average molecular weight is 595 g/mol.